The minimum atomic E-state index is -7.88. The first kappa shape index (κ1) is 23.2. The molecule has 15 heteroatoms. The predicted molar refractivity (Wildman–Crippen MR) is 53.8 cm³/mol. The van der Waals surface area contributed by atoms with Gasteiger partial charge < -0.3 is 10.2 Å². The number of hydrogen-bond acceptors (Lipinski definition) is 2. The Balaban J connectivity index is 6.76. The van der Waals surface area contributed by atoms with E-state index in [4.69, 9.17) is 10.2 Å². The third-order valence-electron chi connectivity index (χ3n) is 3.34. The van der Waals surface area contributed by atoms with E-state index in [1.807, 2.05) is 0 Å². The molecule has 4 nitrogen and oxygen atoms in total. The monoisotopic (exact) mass is 400 g/mol. The zero-order valence-electron chi connectivity index (χ0n) is 11.6. The van der Waals surface area contributed by atoms with Crippen LogP contribution in [0.4, 0.5) is 48.3 Å². The molecule has 0 saturated carbocycles. The number of carboxylic acids is 2. The number of alkyl halides is 11. The molecule has 0 atom stereocenters. The molecule has 2 N–H and O–H groups in total. The van der Waals surface area contributed by atoms with E-state index in [-0.39, 0.29) is 6.92 Å². The van der Waals surface area contributed by atoms with E-state index in [1.54, 1.807) is 0 Å². The molecule has 0 aromatic carbocycles. The summed E-state index contributed by atoms with van der Waals surface area (Å²) < 4.78 is 141. The lowest BCUT2D eigenvalue weighted by atomic mass is 9.73. The second-order valence-corrected chi connectivity index (χ2v) is 4.66. The van der Waals surface area contributed by atoms with Crippen molar-refractivity contribution in [2.24, 2.45) is 5.41 Å². The largest absolute Gasteiger partial charge is 0.480 e. The van der Waals surface area contributed by atoms with Gasteiger partial charge in [-0.3, -0.25) is 9.59 Å². The van der Waals surface area contributed by atoms with Crippen LogP contribution in [0.25, 0.3) is 0 Å². The Labute approximate surface area is 130 Å². The molecule has 0 unspecified atom stereocenters. The maximum Gasteiger partial charge on any atom is 0.460 e. The maximum atomic E-state index is 13.7. The van der Waals surface area contributed by atoms with Crippen molar-refractivity contribution in [3.05, 3.63) is 0 Å². The zero-order chi connectivity index (χ0) is 20.9. The molecule has 0 aliphatic carbocycles. The van der Waals surface area contributed by atoms with Crippen molar-refractivity contribution in [3.63, 3.8) is 0 Å². The van der Waals surface area contributed by atoms with Gasteiger partial charge >= 0.3 is 41.8 Å². The van der Waals surface area contributed by atoms with Crippen LogP contribution in [0.5, 0.6) is 0 Å². The molecule has 0 spiro atoms. The van der Waals surface area contributed by atoms with Gasteiger partial charge in [0.05, 0.1) is 0 Å². The van der Waals surface area contributed by atoms with Gasteiger partial charge in [-0.15, -0.1) is 0 Å². The quantitative estimate of drug-likeness (QED) is 0.506. The van der Waals surface area contributed by atoms with Crippen LogP contribution in [0, 0.1) is 5.41 Å². The highest BCUT2D eigenvalue weighted by Crippen LogP contribution is 2.61. The highest BCUT2D eigenvalue weighted by atomic mass is 19.4. The van der Waals surface area contributed by atoms with Gasteiger partial charge in [-0.2, -0.15) is 48.3 Å². The van der Waals surface area contributed by atoms with Gasteiger partial charge in [-0.25, -0.2) is 0 Å². The third kappa shape index (κ3) is 2.67. The highest BCUT2D eigenvalue weighted by Gasteiger charge is 2.91. The molecule has 0 saturated heterocycles. The van der Waals surface area contributed by atoms with Crippen LogP contribution in [-0.4, -0.2) is 52.0 Å². The van der Waals surface area contributed by atoms with Crippen molar-refractivity contribution in [2.75, 3.05) is 0 Å². The van der Waals surface area contributed by atoms with E-state index in [9.17, 15) is 57.9 Å². The first-order valence-corrected chi connectivity index (χ1v) is 5.74. The SMILES string of the molecule is CCC(C(=O)O)(C(=O)O)C(F)(F)C(F)(F)C(F)(F)C(F)(F)C(F)(F)F. The summed E-state index contributed by atoms with van der Waals surface area (Å²) in [6, 6.07) is 0. The lowest BCUT2D eigenvalue weighted by Crippen LogP contribution is -2.72. The molecule has 0 fully saturated rings. The van der Waals surface area contributed by atoms with Crippen LogP contribution in [0.15, 0.2) is 0 Å². The van der Waals surface area contributed by atoms with E-state index in [0.717, 1.165) is 0 Å². The number of halogens is 11. The van der Waals surface area contributed by atoms with E-state index < -0.39 is 53.6 Å². The third-order valence-corrected chi connectivity index (χ3v) is 3.34. The van der Waals surface area contributed by atoms with Gasteiger partial charge in [0.1, 0.15) is 0 Å². The van der Waals surface area contributed by atoms with Gasteiger partial charge in [-0.1, -0.05) is 6.92 Å². The van der Waals surface area contributed by atoms with E-state index in [0.29, 0.717) is 0 Å². The normalized spacial score (nSPS) is 15.2. The number of rotatable bonds is 7. The summed E-state index contributed by atoms with van der Waals surface area (Å²) in [6.45, 7) is 0.187. The lowest BCUT2D eigenvalue weighted by Gasteiger charge is -2.42. The first-order chi connectivity index (χ1) is 10.7. The number of carbonyl (C=O) groups is 2. The van der Waals surface area contributed by atoms with Crippen LogP contribution in [0.1, 0.15) is 13.3 Å². The fourth-order valence-electron chi connectivity index (χ4n) is 1.72. The first-order valence-electron chi connectivity index (χ1n) is 5.74. The second-order valence-electron chi connectivity index (χ2n) is 4.66. The van der Waals surface area contributed by atoms with Gasteiger partial charge in [0, 0.05) is 0 Å². The summed E-state index contributed by atoms with van der Waals surface area (Å²) in [5.41, 5.74) is -5.11. The minimum absolute atomic E-state index is 0.187. The standard InChI is InChI=1S/C10H7F11O4/c1-2-5(3(22)23,4(24)25)6(11,12)7(13,14)8(15,16)9(17,18)10(19,20)21/h2H2,1H3,(H,22,23)(H,24,25). The molecule has 0 aromatic heterocycles. The average Bonchev–Trinajstić information content (AvgIpc) is 2.36. The van der Waals surface area contributed by atoms with Gasteiger partial charge in [0.2, 0.25) is 5.41 Å². The van der Waals surface area contributed by atoms with Crippen LogP contribution >= 0.6 is 0 Å². The van der Waals surface area contributed by atoms with Gasteiger partial charge in [0.25, 0.3) is 0 Å². The van der Waals surface area contributed by atoms with Crippen molar-refractivity contribution in [2.45, 2.75) is 43.2 Å². The van der Waals surface area contributed by atoms with Gasteiger partial charge in [-0.05, 0) is 6.42 Å². The fourth-order valence-corrected chi connectivity index (χ4v) is 1.72. The molecule has 148 valence electrons. The topological polar surface area (TPSA) is 74.6 Å². The Bertz CT molecular complexity index is 538. The van der Waals surface area contributed by atoms with Crippen molar-refractivity contribution >= 4 is 11.9 Å². The summed E-state index contributed by atoms with van der Waals surface area (Å²) in [4.78, 5) is 21.4. The Hall–Kier alpha value is -1.83. The number of carboxylic acid groups (broad SMARTS) is 2. The molecule has 25 heavy (non-hydrogen) atoms. The second kappa shape index (κ2) is 5.86. The Morgan fingerprint density at radius 2 is 0.920 bits per heavy atom. The molecule has 0 aromatic rings. The van der Waals surface area contributed by atoms with E-state index >= 15 is 0 Å². The molecular weight excluding hydrogens is 393 g/mol. The summed E-state index contributed by atoms with van der Waals surface area (Å²) in [6.07, 6.45) is -9.48. The predicted octanol–water partition coefficient (Wildman–Crippen LogP) is 3.66. The summed E-state index contributed by atoms with van der Waals surface area (Å²) >= 11 is 0. The highest BCUT2D eigenvalue weighted by molar-refractivity contribution is 5.99. The van der Waals surface area contributed by atoms with Crippen molar-refractivity contribution in [1.29, 1.82) is 0 Å². The summed E-state index contributed by atoms with van der Waals surface area (Å²) in [5, 5.41) is 16.9. The Morgan fingerprint density at radius 3 is 1.12 bits per heavy atom. The average molecular weight is 400 g/mol. The zero-order valence-corrected chi connectivity index (χ0v) is 11.6. The molecular formula is C10H7F11O4. The Kier molecular flexibility index (Phi) is 5.43. The van der Waals surface area contributed by atoms with Crippen molar-refractivity contribution in [1.82, 2.24) is 0 Å². The van der Waals surface area contributed by atoms with Crippen LogP contribution in [-0.2, 0) is 9.59 Å². The molecule has 0 radical (unpaired) electrons. The summed E-state index contributed by atoms with van der Waals surface area (Å²) in [5.74, 6) is -37.1. The molecule has 0 bridgehead atoms. The molecule has 0 aliphatic rings. The molecule has 0 rings (SSSR count). The van der Waals surface area contributed by atoms with Crippen molar-refractivity contribution < 1.29 is 68.1 Å². The van der Waals surface area contributed by atoms with Crippen molar-refractivity contribution in [3.8, 4) is 0 Å². The summed E-state index contributed by atoms with van der Waals surface area (Å²) in [7, 11) is 0. The smallest absolute Gasteiger partial charge is 0.460 e. The Morgan fingerprint density at radius 1 is 0.640 bits per heavy atom. The molecule has 0 amide bonds. The fraction of sp³-hybridized carbons (Fsp3) is 0.800. The van der Waals surface area contributed by atoms with E-state index in [1.165, 1.54) is 0 Å². The van der Waals surface area contributed by atoms with E-state index in [2.05, 4.69) is 0 Å². The number of aliphatic carboxylic acids is 2. The maximum absolute atomic E-state index is 13.7. The van der Waals surface area contributed by atoms with Crippen LogP contribution in [0.3, 0.4) is 0 Å². The van der Waals surface area contributed by atoms with Crippen LogP contribution < -0.4 is 0 Å². The van der Waals surface area contributed by atoms with Gasteiger partial charge in [0.15, 0.2) is 0 Å². The molecule has 0 heterocycles. The molecule has 0 aliphatic heterocycles. The minimum Gasteiger partial charge on any atom is -0.480 e. The number of hydrogen-bond donors (Lipinski definition) is 2. The van der Waals surface area contributed by atoms with Crippen LogP contribution in [0.2, 0.25) is 0 Å². The lowest BCUT2D eigenvalue weighted by molar-refractivity contribution is -0.429.